The SMILES string of the molecule is CCN(C(=O)c1cnn(Cc2ccc(OC)cc2)c1)c1cccnc1. The molecule has 25 heavy (non-hydrogen) atoms. The first-order valence-corrected chi connectivity index (χ1v) is 8.08. The fraction of sp³-hybridized carbons (Fsp3) is 0.211. The summed E-state index contributed by atoms with van der Waals surface area (Å²) in [5.74, 6) is 0.728. The molecule has 128 valence electrons. The molecule has 0 bridgehead atoms. The summed E-state index contributed by atoms with van der Waals surface area (Å²) in [4.78, 5) is 18.5. The highest BCUT2D eigenvalue weighted by Crippen LogP contribution is 2.16. The number of rotatable bonds is 6. The van der Waals surface area contributed by atoms with Crippen molar-refractivity contribution in [2.45, 2.75) is 13.5 Å². The molecule has 3 rings (SSSR count). The average molecular weight is 336 g/mol. The van der Waals surface area contributed by atoms with Crippen molar-refractivity contribution in [3.8, 4) is 5.75 Å². The maximum Gasteiger partial charge on any atom is 0.261 e. The van der Waals surface area contributed by atoms with E-state index >= 15 is 0 Å². The molecule has 0 aliphatic carbocycles. The highest BCUT2D eigenvalue weighted by molar-refractivity contribution is 6.05. The molecule has 0 unspecified atom stereocenters. The molecule has 0 aliphatic heterocycles. The second-order valence-electron chi connectivity index (χ2n) is 5.54. The number of pyridine rings is 1. The van der Waals surface area contributed by atoms with Gasteiger partial charge in [-0.05, 0) is 36.8 Å². The van der Waals surface area contributed by atoms with Crippen LogP contribution in [0.15, 0.2) is 61.2 Å². The van der Waals surface area contributed by atoms with Crippen LogP contribution >= 0.6 is 0 Å². The van der Waals surface area contributed by atoms with Crippen molar-refractivity contribution < 1.29 is 9.53 Å². The molecular weight excluding hydrogens is 316 g/mol. The Morgan fingerprint density at radius 2 is 2.00 bits per heavy atom. The minimum Gasteiger partial charge on any atom is -0.497 e. The Hall–Kier alpha value is -3.15. The van der Waals surface area contributed by atoms with Crippen LogP contribution in [0.2, 0.25) is 0 Å². The summed E-state index contributed by atoms with van der Waals surface area (Å²) in [6.07, 6.45) is 6.74. The molecule has 0 saturated carbocycles. The van der Waals surface area contributed by atoms with Gasteiger partial charge in [0.05, 0.1) is 37.3 Å². The summed E-state index contributed by atoms with van der Waals surface area (Å²) in [5, 5.41) is 4.31. The maximum atomic E-state index is 12.8. The average Bonchev–Trinajstić information content (AvgIpc) is 3.12. The summed E-state index contributed by atoms with van der Waals surface area (Å²) >= 11 is 0. The number of amides is 1. The number of hydrogen-bond acceptors (Lipinski definition) is 4. The van der Waals surface area contributed by atoms with E-state index < -0.39 is 0 Å². The Labute approximate surface area is 146 Å². The molecule has 6 nitrogen and oxygen atoms in total. The van der Waals surface area contributed by atoms with E-state index in [9.17, 15) is 4.79 Å². The van der Waals surface area contributed by atoms with Gasteiger partial charge >= 0.3 is 0 Å². The molecule has 2 heterocycles. The highest BCUT2D eigenvalue weighted by Gasteiger charge is 2.18. The molecule has 0 saturated heterocycles. The fourth-order valence-electron chi connectivity index (χ4n) is 2.59. The van der Waals surface area contributed by atoms with Gasteiger partial charge in [0.25, 0.3) is 5.91 Å². The fourth-order valence-corrected chi connectivity index (χ4v) is 2.59. The van der Waals surface area contributed by atoms with Crippen molar-refractivity contribution >= 4 is 11.6 Å². The minimum atomic E-state index is -0.0866. The van der Waals surface area contributed by atoms with Crippen molar-refractivity contribution in [3.63, 3.8) is 0 Å². The third-order valence-electron chi connectivity index (χ3n) is 3.90. The van der Waals surface area contributed by atoms with Gasteiger partial charge in [0.15, 0.2) is 0 Å². The maximum absolute atomic E-state index is 12.8. The lowest BCUT2D eigenvalue weighted by Gasteiger charge is -2.19. The Balaban J connectivity index is 1.74. The van der Waals surface area contributed by atoms with E-state index in [2.05, 4.69) is 10.1 Å². The molecule has 0 aliphatic rings. The quantitative estimate of drug-likeness (QED) is 0.694. The third-order valence-corrected chi connectivity index (χ3v) is 3.90. The largest absolute Gasteiger partial charge is 0.497 e. The van der Waals surface area contributed by atoms with Gasteiger partial charge in [-0.3, -0.25) is 14.5 Å². The monoisotopic (exact) mass is 336 g/mol. The normalized spacial score (nSPS) is 10.5. The van der Waals surface area contributed by atoms with Crippen molar-refractivity contribution in [3.05, 3.63) is 72.3 Å². The Morgan fingerprint density at radius 1 is 1.20 bits per heavy atom. The van der Waals surface area contributed by atoms with Gasteiger partial charge in [-0.15, -0.1) is 0 Å². The first-order valence-electron chi connectivity index (χ1n) is 8.08. The molecular formula is C19H20N4O2. The number of carbonyl (C=O) groups is 1. The summed E-state index contributed by atoms with van der Waals surface area (Å²) in [6.45, 7) is 3.09. The summed E-state index contributed by atoms with van der Waals surface area (Å²) in [5.41, 5.74) is 2.42. The van der Waals surface area contributed by atoms with E-state index in [0.29, 0.717) is 18.7 Å². The standard InChI is InChI=1S/C19H20N4O2/c1-3-23(17-5-4-10-20-12-17)19(24)16-11-21-22(14-16)13-15-6-8-18(25-2)9-7-15/h4-12,14H,3,13H2,1-2H3. The molecule has 2 aromatic heterocycles. The van der Waals surface area contributed by atoms with Crippen LogP contribution in [0.4, 0.5) is 5.69 Å². The van der Waals surface area contributed by atoms with Gasteiger partial charge in [-0.2, -0.15) is 5.10 Å². The van der Waals surface area contributed by atoms with E-state index in [1.807, 2.05) is 43.3 Å². The topological polar surface area (TPSA) is 60.2 Å². The Morgan fingerprint density at radius 3 is 2.64 bits per heavy atom. The summed E-state index contributed by atoms with van der Waals surface area (Å²) < 4.78 is 6.91. The van der Waals surface area contributed by atoms with Gasteiger partial charge in [0.2, 0.25) is 0 Å². The summed E-state index contributed by atoms with van der Waals surface area (Å²) in [6, 6.07) is 11.5. The molecule has 0 fully saturated rings. The lowest BCUT2D eigenvalue weighted by molar-refractivity contribution is 0.0988. The molecule has 0 N–H and O–H groups in total. The van der Waals surface area contributed by atoms with Crippen LogP contribution in [-0.4, -0.2) is 34.3 Å². The number of benzene rings is 1. The van der Waals surface area contributed by atoms with Crippen LogP contribution in [0, 0.1) is 0 Å². The second-order valence-corrected chi connectivity index (χ2v) is 5.54. The zero-order valence-electron chi connectivity index (χ0n) is 14.3. The van der Waals surface area contributed by atoms with E-state index in [1.54, 1.807) is 41.5 Å². The van der Waals surface area contributed by atoms with Gasteiger partial charge < -0.3 is 9.64 Å². The number of nitrogens with zero attached hydrogens (tertiary/aromatic N) is 4. The third kappa shape index (κ3) is 3.85. The number of hydrogen-bond donors (Lipinski definition) is 0. The number of methoxy groups -OCH3 is 1. The Kier molecular flexibility index (Phi) is 5.09. The molecule has 6 heteroatoms. The second kappa shape index (κ2) is 7.61. The minimum absolute atomic E-state index is 0.0866. The van der Waals surface area contributed by atoms with E-state index in [0.717, 1.165) is 17.0 Å². The summed E-state index contributed by atoms with van der Waals surface area (Å²) in [7, 11) is 1.64. The predicted octanol–water partition coefficient (Wildman–Crippen LogP) is 3.00. The van der Waals surface area contributed by atoms with Crippen molar-refractivity contribution in [2.24, 2.45) is 0 Å². The number of ether oxygens (including phenoxy) is 1. The van der Waals surface area contributed by atoms with Crippen LogP contribution in [0.5, 0.6) is 5.75 Å². The molecule has 0 radical (unpaired) electrons. The molecule has 0 spiro atoms. The van der Waals surface area contributed by atoms with Crippen LogP contribution in [0.1, 0.15) is 22.8 Å². The van der Waals surface area contributed by atoms with Crippen molar-refractivity contribution in [1.82, 2.24) is 14.8 Å². The van der Waals surface area contributed by atoms with Crippen LogP contribution in [0.25, 0.3) is 0 Å². The number of carbonyl (C=O) groups excluding carboxylic acids is 1. The van der Waals surface area contributed by atoms with Crippen molar-refractivity contribution in [2.75, 3.05) is 18.6 Å². The number of anilines is 1. The van der Waals surface area contributed by atoms with Crippen LogP contribution in [0.3, 0.4) is 0 Å². The Bertz CT molecular complexity index is 828. The highest BCUT2D eigenvalue weighted by atomic mass is 16.5. The molecule has 1 aromatic carbocycles. The number of aromatic nitrogens is 3. The lowest BCUT2D eigenvalue weighted by Crippen LogP contribution is -2.30. The molecule has 0 atom stereocenters. The van der Waals surface area contributed by atoms with Crippen LogP contribution in [-0.2, 0) is 6.54 Å². The first kappa shape index (κ1) is 16.7. The smallest absolute Gasteiger partial charge is 0.261 e. The van der Waals surface area contributed by atoms with E-state index in [1.165, 1.54) is 0 Å². The van der Waals surface area contributed by atoms with Gasteiger partial charge in [0.1, 0.15) is 5.75 Å². The zero-order chi connectivity index (χ0) is 17.6. The molecule has 3 aromatic rings. The zero-order valence-corrected chi connectivity index (χ0v) is 14.3. The van der Waals surface area contributed by atoms with Gasteiger partial charge in [-0.25, -0.2) is 0 Å². The van der Waals surface area contributed by atoms with E-state index in [-0.39, 0.29) is 5.91 Å². The van der Waals surface area contributed by atoms with Gasteiger partial charge in [0, 0.05) is 18.9 Å². The first-order chi connectivity index (χ1) is 12.2. The van der Waals surface area contributed by atoms with Crippen LogP contribution < -0.4 is 9.64 Å². The van der Waals surface area contributed by atoms with Crippen molar-refractivity contribution in [1.29, 1.82) is 0 Å². The van der Waals surface area contributed by atoms with E-state index in [4.69, 9.17) is 4.74 Å². The lowest BCUT2D eigenvalue weighted by atomic mass is 10.2. The molecule has 1 amide bonds. The predicted molar refractivity (Wildman–Crippen MR) is 95.9 cm³/mol. The van der Waals surface area contributed by atoms with Gasteiger partial charge in [-0.1, -0.05) is 12.1 Å².